The van der Waals surface area contributed by atoms with Crippen LogP contribution in [-0.2, 0) is 0 Å². The van der Waals surface area contributed by atoms with Gasteiger partial charge in [-0.25, -0.2) is 9.97 Å². The molecule has 1 rings (SSSR count). The number of nitrogen functional groups attached to an aromatic ring is 1. The Morgan fingerprint density at radius 3 is 2.26 bits per heavy atom. The van der Waals surface area contributed by atoms with E-state index in [0.717, 1.165) is 12.8 Å². The maximum absolute atomic E-state index is 11.8. The van der Waals surface area contributed by atoms with Crippen molar-refractivity contribution >= 4 is 36.5 Å². The van der Waals surface area contributed by atoms with Gasteiger partial charge in [0.2, 0.25) is 0 Å². The van der Waals surface area contributed by atoms with Crippen molar-refractivity contribution in [1.29, 1.82) is 0 Å². The molecule has 0 atom stereocenters. The average molecular weight is 310 g/mol. The van der Waals surface area contributed by atoms with Crippen molar-refractivity contribution in [3.63, 3.8) is 0 Å². The molecule has 0 aromatic carbocycles. The predicted octanol–water partition coefficient (Wildman–Crippen LogP) is 1.15. The van der Waals surface area contributed by atoms with Gasteiger partial charge in [-0.2, -0.15) is 0 Å². The number of halogens is 2. The summed E-state index contributed by atoms with van der Waals surface area (Å²) in [7, 11) is 0. The maximum atomic E-state index is 11.8. The van der Waals surface area contributed by atoms with Crippen LogP contribution in [0.3, 0.4) is 0 Å². The fourth-order valence-corrected chi connectivity index (χ4v) is 1.36. The smallest absolute Gasteiger partial charge is 0.273 e. The van der Waals surface area contributed by atoms with Gasteiger partial charge < -0.3 is 16.8 Å². The molecule has 0 bridgehead atoms. The molecule has 0 fully saturated rings. The van der Waals surface area contributed by atoms with Crippen molar-refractivity contribution in [2.45, 2.75) is 32.2 Å². The summed E-state index contributed by atoms with van der Waals surface area (Å²) in [5.74, 6) is -0.215. The van der Waals surface area contributed by atoms with Crippen molar-refractivity contribution in [3.05, 3.63) is 18.1 Å². The lowest BCUT2D eigenvalue weighted by molar-refractivity contribution is 0.0938. The summed E-state index contributed by atoms with van der Waals surface area (Å²) in [6.07, 6.45) is 4.46. The molecule has 1 amide bonds. The molecule has 0 saturated heterocycles. The molecule has 19 heavy (non-hydrogen) atoms. The van der Waals surface area contributed by atoms with Crippen LogP contribution in [0, 0.1) is 0 Å². The topological polar surface area (TPSA) is 107 Å². The van der Waals surface area contributed by atoms with E-state index in [1.807, 2.05) is 13.8 Å². The van der Waals surface area contributed by atoms with Gasteiger partial charge in [-0.3, -0.25) is 4.79 Å². The van der Waals surface area contributed by atoms with Crippen LogP contribution in [0.5, 0.6) is 0 Å². The molecule has 5 N–H and O–H groups in total. The number of nitrogens with one attached hydrogen (secondary N) is 1. The zero-order valence-electron chi connectivity index (χ0n) is 11.0. The van der Waals surface area contributed by atoms with Gasteiger partial charge in [-0.05, 0) is 12.8 Å². The number of carbonyl (C=O) groups is 1. The van der Waals surface area contributed by atoms with E-state index in [1.165, 1.54) is 12.4 Å². The van der Waals surface area contributed by atoms with Crippen LogP contribution in [0.1, 0.15) is 37.2 Å². The van der Waals surface area contributed by atoms with Gasteiger partial charge in [-0.1, -0.05) is 13.8 Å². The van der Waals surface area contributed by atoms with Gasteiger partial charge >= 0.3 is 0 Å². The zero-order chi connectivity index (χ0) is 12.9. The average Bonchev–Trinajstić information content (AvgIpc) is 2.36. The highest BCUT2D eigenvalue weighted by atomic mass is 35.5. The highest BCUT2D eigenvalue weighted by Gasteiger charge is 2.22. The van der Waals surface area contributed by atoms with E-state index in [1.54, 1.807) is 0 Å². The lowest BCUT2D eigenvalue weighted by atomic mass is 9.94. The van der Waals surface area contributed by atoms with E-state index < -0.39 is 0 Å². The maximum Gasteiger partial charge on any atom is 0.273 e. The molecule has 0 aliphatic carbocycles. The lowest BCUT2D eigenvalue weighted by Gasteiger charge is -2.26. The third kappa shape index (κ3) is 5.59. The molecular formula is C11H21Cl2N5O. The first kappa shape index (κ1) is 20.2. The number of hydrogen-bond donors (Lipinski definition) is 3. The second kappa shape index (κ2) is 8.90. The number of nitrogens with two attached hydrogens (primary N) is 2. The molecule has 0 aliphatic heterocycles. The van der Waals surface area contributed by atoms with E-state index in [9.17, 15) is 4.79 Å². The number of carbonyl (C=O) groups excluding carboxylic acids is 1. The molecule has 1 heterocycles. The van der Waals surface area contributed by atoms with Crippen molar-refractivity contribution in [2.75, 3.05) is 12.3 Å². The Hall–Kier alpha value is -1.11. The SMILES string of the molecule is CCC(N)(CC)CNC(=O)c1nccnc1N.Cl.Cl. The summed E-state index contributed by atoms with van der Waals surface area (Å²) in [6, 6.07) is 0. The summed E-state index contributed by atoms with van der Waals surface area (Å²) in [5.41, 5.74) is 11.4. The monoisotopic (exact) mass is 309 g/mol. The predicted molar refractivity (Wildman–Crippen MR) is 80.8 cm³/mol. The quantitative estimate of drug-likeness (QED) is 0.756. The molecule has 0 unspecified atom stereocenters. The minimum Gasteiger partial charge on any atom is -0.382 e. The summed E-state index contributed by atoms with van der Waals surface area (Å²) >= 11 is 0. The Bertz CT molecular complexity index is 398. The molecule has 0 radical (unpaired) electrons. The lowest BCUT2D eigenvalue weighted by Crippen LogP contribution is -2.49. The van der Waals surface area contributed by atoms with Gasteiger partial charge in [0.25, 0.3) is 5.91 Å². The van der Waals surface area contributed by atoms with Gasteiger partial charge in [0, 0.05) is 24.5 Å². The van der Waals surface area contributed by atoms with Crippen LogP contribution in [0.25, 0.3) is 0 Å². The molecule has 110 valence electrons. The summed E-state index contributed by atoms with van der Waals surface area (Å²) in [6.45, 7) is 4.38. The van der Waals surface area contributed by atoms with Crippen molar-refractivity contribution in [3.8, 4) is 0 Å². The minimum absolute atomic E-state index is 0. The second-order valence-electron chi connectivity index (χ2n) is 4.04. The van der Waals surface area contributed by atoms with Crippen molar-refractivity contribution < 1.29 is 4.79 Å². The minimum atomic E-state index is -0.382. The van der Waals surface area contributed by atoms with Crippen LogP contribution in [0.4, 0.5) is 5.82 Å². The van der Waals surface area contributed by atoms with Crippen LogP contribution in [-0.4, -0.2) is 28.0 Å². The number of aromatic nitrogens is 2. The van der Waals surface area contributed by atoms with Gasteiger partial charge in [0.05, 0.1) is 0 Å². The molecule has 1 aromatic rings. The Morgan fingerprint density at radius 2 is 1.79 bits per heavy atom. The van der Waals surface area contributed by atoms with Gasteiger partial charge in [-0.15, -0.1) is 24.8 Å². The van der Waals surface area contributed by atoms with Gasteiger partial charge in [0.1, 0.15) is 0 Å². The second-order valence-corrected chi connectivity index (χ2v) is 4.04. The van der Waals surface area contributed by atoms with E-state index >= 15 is 0 Å². The van der Waals surface area contributed by atoms with Gasteiger partial charge in [0.15, 0.2) is 11.5 Å². The van der Waals surface area contributed by atoms with Crippen LogP contribution < -0.4 is 16.8 Å². The third-order valence-corrected chi connectivity index (χ3v) is 2.95. The number of nitrogens with zero attached hydrogens (tertiary/aromatic N) is 2. The molecule has 0 aliphatic rings. The fourth-order valence-electron chi connectivity index (χ4n) is 1.36. The van der Waals surface area contributed by atoms with Crippen molar-refractivity contribution in [1.82, 2.24) is 15.3 Å². The van der Waals surface area contributed by atoms with Crippen LogP contribution in [0.15, 0.2) is 12.4 Å². The molecular weight excluding hydrogens is 289 g/mol. The molecule has 0 spiro atoms. The van der Waals surface area contributed by atoms with Crippen molar-refractivity contribution in [2.24, 2.45) is 5.73 Å². The van der Waals surface area contributed by atoms with E-state index in [0.29, 0.717) is 6.54 Å². The first-order chi connectivity index (χ1) is 8.02. The van der Waals surface area contributed by atoms with E-state index in [4.69, 9.17) is 11.5 Å². The highest BCUT2D eigenvalue weighted by Crippen LogP contribution is 2.10. The van der Waals surface area contributed by atoms with E-state index in [2.05, 4.69) is 15.3 Å². The molecule has 6 nitrogen and oxygen atoms in total. The normalized spacial score (nSPS) is 10.1. The Labute approximate surface area is 125 Å². The van der Waals surface area contributed by atoms with Crippen LogP contribution in [0.2, 0.25) is 0 Å². The standard InChI is InChI=1S/C11H19N5O.2ClH/c1-3-11(13,4-2)7-16-10(17)8-9(12)15-6-5-14-8;;/h5-6H,3-4,7,13H2,1-2H3,(H2,12,15)(H,16,17);2*1H. The molecule has 0 saturated carbocycles. The van der Waals surface area contributed by atoms with E-state index in [-0.39, 0.29) is 47.8 Å². The highest BCUT2D eigenvalue weighted by molar-refractivity contribution is 5.96. The third-order valence-electron chi connectivity index (χ3n) is 2.95. The number of rotatable bonds is 5. The largest absolute Gasteiger partial charge is 0.382 e. The molecule has 8 heteroatoms. The van der Waals surface area contributed by atoms with Crippen LogP contribution >= 0.6 is 24.8 Å². The zero-order valence-corrected chi connectivity index (χ0v) is 12.7. The Morgan fingerprint density at radius 1 is 1.26 bits per heavy atom. The first-order valence-electron chi connectivity index (χ1n) is 5.66. The number of hydrogen-bond acceptors (Lipinski definition) is 5. The number of amides is 1. The number of anilines is 1. The fraction of sp³-hybridized carbons (Fsp3) is 0.545. The Kier molecular flexibility index (Phi) is 9.47. The summed E-state index contributed by atoms with van der Waals surface area (Å²) < 4.78 is 0. The summed E-state index contributed by atoms with van der Waals surface area (Å²) in [5, 5.41) is 2.74. The molecule has 1 aromatic heterocycles. The first-order valence-corrected chi connectivity index (χ1v) is 5.66. The summed E-state index contributed by atoms with van der Waals surface area (Å²) in [4.78, 5) is 19.5. The Balaban J connectivity index is 0.